The summed E-state index contributed by atoms with van der Waals surface area (Å²) in [4.78, 5) is 12.3. The van der Waals surface area contributed by atoms with Gasteiger partial charge in [-0.2, -0.15) is 0 Å². The molecular formula is C41H36O7. The van der Waals surface area contributed by atoms with Crippen LogP contribution >= 0.6 is 0 Å². The fourth-order valence-electron chi connectivity index (χ4n) is 6.07. The largest absolute Gasteiger partial charge is 0.484 e. The number of benzene rings is 5. The Morgan fingerprint density at radius 3 is 2.12 bits per heavy atom. The quantitative estimate of drug-likeness (QED) is 0.142. The minimum absolute atomic E-state index is 0.0890. The van der Waals surface area contributed by atoms with Crippen LogP contribution in [0.4, 0.5) is 0 Å². The molecule has 0 radical (unpaired) electrons. The van der Waals surface area contributed by atoms with Crippen molar-refractivity contribution in [3.63, 3.8) is 0 Å². The molecule has 0 N–H and O–H groups in total. The second-order valence-electron chi connectivity index (χ2n) is 11.7. The third kappa shape index (κ3) is 7.10. The summed E-state index contributed by atoms with van der Waals surface area (Å²) in [6, 6.07) is 41.0. The van der Waals surface area contributed by atoms with Gasteiger partial charge in [-0.1, -0.05) is 115 Å². The third-order valence-corrected chi connectivity index (χ3v) is 8.51. The summed E-state index contributed by atoms with van der Waals surface area (Å²) < 4.78 is 38.5. The highest BCUT2D eigenvalue weighted by Crippen LogP contribution is 2.34. The monoisotopic (exact) mass is 640 g/mol. The lowest BCUT2D eigenvalue weighted by molar-refractivity contribution is -0.297. The number of fused-ring (bicyclic) bond motifs is 2. The Morgan fingerprint density at radius 1 is 0.688 bits per heavy atom. The van der Waals surface area contributed by atoms with Gasteiger partial charge < -0.3 is 28.1 Å². The van der Waals surface area contributed by atoms with E-state index in [2.05, 4.69) is 12.1 Å². The molecule has 1 saturated heterocycles. The van der Waals surface area contributed by atoms with Gasteiger partial charge in [-0.05, 0) is 40.3 Å². The molecule has 1 aromatic heterocycles. The average molecular weight is 641 g/mol. The van der Waals surface area contributed by atoms with E-state index in [0.717, 1.165) is 27.5 Å². The molecule has 1 fully saturated rings. The van der Waals surface area contributed by atoms with Gasteiger partial charge in [0.1, 0.15) is 29.6 Å². The molecule has 6 aromatic rings. The first-order valence-electron chi connectivity index (χ1n) is 16.0. The van der Waals surface area contributed by atoms with E-state index in [1.165, 1.54) is 12.3 Å². The molecular weight excluding hydrogens is 604 g/mol. The van der Waals surface area contributed by atoms with Crippen molar-refractivity contribution >= 4 is 27.8 Å². The highest BCUT2D eigenvalue weighted by Gasteiger charge is 2.48. The fourth-order valence-corrected chi connectivity index (χ4v) is 6.07. The smallest absolute Gasteiger partial charge is 0.192 e. The zero-order valence-electron chi connectivity index (χ0n) is 26.5. The Kier molecular flexibility index (Phi) is 9.72. The lowest BCUT2D eigenvalue weighted by Gasteiger charge is -2.45. The van der Waals surface area contributed by atoms with Crippen LogP contribution in [0.5, 0.6) is 5.75 Å². The minimum atomic E-state index is -0.758. The van der Waals surface area contributed by atoms with Crippen LogP contribution in [0.15, 0.2) is 149 Å². The van der Waals surface area contributed by atoms with Crippen molar-refractivity contribution < 1.29 is 28.1 Å². The molecule has 0 spiro atoms. The van der Waals surface area contributed by atoms with Crippen molar-refractivity contribution in [3.8, 4) is 5.75 Å². The van der Waals surface area contributed by atoms with Crippen molar-refractivity contribution in [3.05, 3.63) is 167 Å². The SMILES string of the molecule is CO[C@H]1O[C@H](/C=C/c2ccc3c(=O)ccoc3c2)[C@@H](Oc2cccc3ccccc23)[C@H](OCc2ccccc2)[C@H]1OCc1ccccc1. The van der Waals surface area contributed by atoms with E-state index in [0.29, 0.717) is 29.9 Å². The van der Waals surface area contributed by atoms with Gasteiger partial charge in [0, 0.05) is 18.6 Å². The lowest BCUT2D eigenvalue weighted by atomic mass is 9.96. The van der Waals surface area contributed by atoms with Crippen molar-refractivity contribution in [2.24, 2.45) is 0 Å². The molecule has 0 bridgehead atoms. The molecule has 0 saturated carbocycles. The summed E-state index contributed by atoms with van der Waals surface area (Å²) >= 11 is 0. The molecule has 0 amide bonds. The molecule has 7 rings (SSSR count). The maximum atomic E-state index is 12.3. The summed E-state index contributed by atoms with van der Waals surface area (Å²) in [7, 11) is 1.61. The zero-order chi connectivity index (χ0) is 32.7. The van der Waals surface area contributed by atoms with Gasteiger partial charge in [0.15, 0.2) is 17.8 Å². The third-order valence-electron chi connectivity index (χ3n) is 8.51. The average Bonchev–Trinajstić information content (AvgIpc) is 3.14. The summed E-state index contributed by atoms with van der Waals surface area (Å²) in [6.07, 6.45) is 2.05. The first kappa shape index (κ1) is 31.5. The van der Waals surface area contributed by atoms with Gasteiger partial charge in [-0.15, -0.1) is 0 Å². The molecule has 1 aliphatic rings. The number of methoxy groups -OCH3 is 1. The molecule has 5 atom stereocenters. The van der Waals surface area contributed by atoms with Gasteiger partial charge in [0.05, 0.1) is 24.9 Å². The summed E-state index contributed by atoms with van der Waals surface area (Å²) in [5, 5.41) is 2.56. The van der Waals surface area contributed by atoms with Crippen LogP contribution in [-0.4, -0.2) is 37.8 Å². The molecule has 242 valence electrons. The van der Waals surface area contributed by atoms with Gasteiger partial charge in [0.25, 0.3) is 0 Å². The van der Waals surface area contributed by atoms with Crippen LogP contribution in [0, 0.1) is 0 Å². The molecule has 0 unspecified atom stereocenters. The number of rotatable bonds is 11. The van der Waals surface area contributed by atoms with Crippen LogP contribution in [0.2, 0.25) is 0 Å². The van der Waals surface area contributed by atoms with Gasteiger partial charge >= 0.3 is 0 Å². The predicted octanol–water partition coefficient (Wildman–Crippen LogP) is 7.95. The van der Waals surface area contributed by atoms with E-state index in [4.69, 9.17) is 28.1 Å². The minimum Gasteiger partial charge on any atom is -0.484 e. The molecule has 5 aromatic carbocycles. The Balaban J connectivity index is 1.27. The van der Waals surface area contributed by atoms with E-state index in [-0.39, 0.29) is 5.43 Å². The Hall–Kier alpha value is -5.05. The highest BCUT2D eigenvalue weighted by molar-refractivity contribution is 5.88. The first-order valence-corrected chi connectivity index (χ1v) is 16.0. The highest BCUT2D eigenvalue weighted by atomic mass is 16.7. The normalized spacial score (nSPS) is 21.1. The predicted molar refractivity (Wildman–Crippen MR) is 186 cm³/mol. The first-order chi connectivity index (χ1) is 23.7. The van der Waals surface area contributed by atoms with Crippen LogP contribution < -0.4 is 10.2 Å². The maximum absolute atomic E-state index is 12.3. The van der Waals surface area contributed by atoms with Crippen LogP contribution in [-0.2, 0) is 32.2 Å². The van der Waals surface area contributed by atoms with E-state index in [9.17, 15) is 4.79 Å². The number of ether oxygens (including phenoxy) is 5. The second kappa shape index (κ2) is 14.8. The molecule has 7 nitrogen and oxygen atoms in total. The molecule has 1 aliphatic heterocycles. The summed E-state index contributed by atoms with van der Waals surface area (Å²) in [5.41, 5.74) is 3.29. The second-order valence-corrected chi connectivity index (χ2v) is 11.7. The topological polar surface area (TPSA) is 76.4 Å². The van der Waals surface area contributed by atoms with Gasteiger partial charge in [-0.25, -0.2) is 0 Å². The maximum Gasteiger partial charge on any atom is 0.192 e. The van der Waals surface area contributed by atoms with Crippen LogP contribution in [0.25, 0.3) is 27.8 Å². The van der Waals surface area contributed by atoms with E-state index in [1.807, 2.05) is 115 Å². The van der Waals surface area contributed by atoms with E-state index < -0.39 is 30.7 Å². The van der Waals surface area contributed by atoms with Crippen molar-refractivity contribution in [1.29, 1.82) is 0 Å². The van der Waals surface area contributed by atoms with Crippen molar-refractivity contribution in [1.82, 2.24) is 0 Å². The van der Waals surface area contributed by atoms with E-state index in [1.54, 1.807) is 13.2 Å². The lowest BCUT2D eigenvalue weighted by Crippen LogP contribution is -2.61. The molecule has 2 heterocycles. The number of hydrogen-bond donors (Lipinski definition) is 0. The Labute approximate surface area is 278 Å². The molecule has 48 heavy (non-hydrogen) atoms. The van der Waals surface area contributed by atoms with Gasteiger partial charge in [0.2, 0.25) is 0 Å². The van der Waals surface area contributed by atoms with Crippen molar-refractivity contribution in [2.45, 2.75) is 43.9 Å². The van der Waals surface area contributed by atoms with Crippen LogP contribution in [0.1, 0.15) is 16.7 Å². The van der Waals surface area contributed by atoms with Crippen LogP contribution in [0.3, 0.4) is 0 Å². The molecule has 7 heteroatoms. The Morgan fingerprint density at radius 2 is 1.38 bits per heavy atom. The standard InChI is InChI=1S/C41H36O7/c1-43-41-40(46-27-30-13-6-3-7-14-30)39(45-26-29-11-4-2-5-12-29)38(47-35-18-10-16-31-15-8-9-17-32(31)35)36(48-41)22-20-28-19-21-33-34(42)23-24-44-37(33)25-28/h2-25,36,38-41H,26-27H2,1H3/b22-20+/t36-,38-,39+,40-,41+/m1/s1. The summed E-state index contributed by atoms with van der Waals surface area (Å²) in [5.74, 6) is 0.707. The molecule has 0 aliphatic carbocycles. The summed E-state index contributed by atoms with van der Waals surface area (Å²) in [6.45, 7) is 0.673. The van der Waals surface area contributed by atoms with Gasteiger partial charge in [-0.3, -0.25) is 4.79 Å². The van der Waals surface area contributed by atoms with E-state index >= 15 is 0 Å². The Bertz CT molecular complexity index is 2030. The number of hydrogen-bond acceptors (Lipinski definition) is 7. The zero-order valence-corrected chi connectivity index (χ0v) is 26.5. The van der Waals surface area contributed by atoms with Crippen molar-refractivity contribution in [2.75, 3.05) is 7.11 Å². The fraction of sp³-hybridized carbons (Fsp3) is 0.195.